The number of amides is 1. The van der Waals surface area contributed by atoms with Gasteiger partial charge in [-0.3, -0.25) is 4.79 Å². The van der Waals surface area contributed by atoms with Crippen molar-refractivity contribution in [1.82, 2.24) is 9.88 Å². The number of anilines is 1. The Labute approximate surface area is 136 Å². The van der Waals surface area contributed by atoms with E-state index in [2.05, 4.69) is 23.7 Å². The second-order valence-electron chi connectivity index (χ2n) is 5.17. The van der Waals surface area contributed by atoms with Crippen LogP contribution in [-0.2, 0) is 11.2 Å². The molecule has 1 unspecified atom stereocenters. The van der Waals surface area contributed by atoms with Crippen LogP contribution >= 0.6 is 23.7 Å². The molecule has 1 aromatic rings. The fourth-order valence-corrected chi connectivity index (χ4v) is 3.30. The maximum Gasteiger partial charge on any atom is 0.239 e. The van der Waals surface area contributed by atoms with Gasteiger partial charge < -0.3 is 15.5 Å². The number of hydrogen-bond acceptors (Lipinski definition) is 5. The van der Waals surface area contributed by atoms with Gasteiger partial charge in [0.05, 0.1) is 6.04 Å². The Bertz CT molecular complexity index is 446. The number of rotatable bonds is 5. The molecule has 2 heterocycles. The van der Waals surface area contributed by atoms with E-state index in [1.165, 1.54) is 4.88 Å². The number of nitrogens with zero attached hydrogens (tertiary/aromatic N) is 3. The van der Waals surface area contributed by atoms with Gasteiger partial charge >= 0.3 is 0 Å². The highest BCUT2D eigenvalue weighted by atomic mass is 35.5. The molecule has 0 spiro atoms. The van der Waals surface area contributed by atoms with E-state index in [0.717, 1.165) is 50.6 Å². The van der Waals surface area contributed by atoms with Crippen LogP contribution in [0, 0.1) is 0 Å². The summed E-state index contributed by atoms with van der Waals surface area (Å²) in [6.45, 7) is 7.39. The molecule has 0 aromatic carbocycles. The number of hydrogen-bond donors (Lipinski definition) is 1. The molecule has 0 aliphatic carbocycles. The third-order valence-electron chi connectivity index (χ3n) is 3.67. The first-order valence-electron chi connectivity index (χ1n) is 7.39. The van der Waals surface area contributed by atoms with Gasteiger partial charge in [-0.25, -0.2) is 4.98 Å². The van der Waals surface area contributed by atoms with Crippen molar-refractivity contribution in [2.45, 2.75) is 39.2 Å². The first kappa shape index (κ1) is 18.2. The zero-order valence-electron chi connectivity index (χ0n) is 12.7. The Morgan fingerprint density at radius 2 is 2.05 bits per heavy atom. The Kier molecular flexibility index (Phi) is 7.42. The van der Waals surface area contributed by atoms with Crippen LogP contribution in [0.4, 0.5) is 5.13 Å². The van der Waals surface area contributed by atoms with Gasteiger partial charge in [0, 0.05) is 37.3 Å². The third-order valence-corrected chi connectivity index (χ3v) is 4.87. The molecule has 21 heavy (non-hydrogen) atoms. The van der Waals surface area contributed by atoms with Crippen molar-refractivity contribution in [2.24, 2.45) is 5.73 Å². The molecule has 5 nitrogen and oxygen atoms in total. The van der Waals surface area contributed by atoms with E-state index in [0.29, 0.717) is 0 Å². The average Bonchev–Trinajstić information content (AvgIpc) is 2.96. The second kappa shape index (κ2) is 8.56. The molecule has 1 aromatic heterocycles. The van der Waals surface area contributed by atoms with E-state index in [1.54, 1.807) is 11.3 Å². The molecule has 0 bridgehead atoms. The van der Waals surface area contributed by atoms with Gasteiger partial charge in [0.25, 0.3) is 0 Å². The van der Waals surface area contributed by atoms with Crippen molar-refractivity contribution in [3.8, 4) is 0 Å². The molecule has 2 rings (SSSR count). The molecule has 7 heteroatoms. The minimum Gasteiger partial charge on any atom is -0.345 e. The van der Waals surface area contributed by atoms with E-state index in [9.17, 15) is 4.79 Å². The summed E-state index contributed by atoms with van der Waals surface area (Å²) in [7, 11) is 0. The summed E-state index contributed by atoms with van der Waals surface area (Å²) in [5.74, 6) is 0.0971. The molecule has 1 fully saturated rings. The molecular formula is C14H25ClN4OS. The van der Waals surface area contributed by atoms with Crippen molar-refractivity contribution in [1.29, 1.82) is 0 Å². The minimum atomic E-state index is -0.335. The van der Waals surface area contributed by atoms with Crippen LogP contribution in [0.3, 0.4) is 0 Å². The lowest BCUT2D eigenvalue weighted by Crippen LogP contribution is -2.53. The predicted octanol–water partition coefficient (Wildman–Crippen LogP) is 1.90. The van der Waals surface area contributed by atoms with Crippen molar-refractivity contribution in [2.75, 3.05) is 31.1 Å². The summed E-state index contributed by atoms with van der Waals surface area (Å²) >= 11 is 1.75. The first-order valence-corrected chi connectivity index (χ1v) is 8.21. The van der Waals surface area contributed by atoms with Crippen LogP contribution in [0.2, 0.25) is 0 Å². The SMILES string of the molecule is CCCC(N)C(=O)N1CCN(c2ncc(CC)s2)CC1.Cl. The Morgan fingerprint density at radius 3 is 2.57 bits per heavy atom. The van der Waals surface area contributed by atoms with E-state index in [4.69, 9.17) is 5.73 Å². The number of carbonyl (C=O) groups excluding carboxylic acids is 1. The molecule has 1 aliphatic rings. The highest BCUT2D eigenvalue weighted by molar-refractivity contribution is 7.15. The molecule has 1 atom stereocenters. The summed E-state index contributed by atoms with van der Waals surface area (Å²) in [6, 6.07) is -0.335. The van der Waals surface area contributed by atoms with Gasteiger partial charge in [-0.2, -0.15) is 0 Å². The van der Waals surface area contributed by atoms with E-state index in [1.807, 2.05) is 11.1 Å². The molecule has 1 amide bonds. The molecular weight excluding hydrogens is 308 g/mol. The van der Waals surface area contributed by atoms with Crippen molar-refractivity contribution < 1.29 is 4.79 Å². The Hall–Kier alpha value is -0.850. The van der Waals surface area contributed by atoms with E-state index in [-0.39, 0.29) is 24.4 Å². The highest BCUT2D eigenvalue weighted by Gasteiger charge is 2.25. The maximum atomic E-state index is 12.2. The van der Waals surface area contributed by atoms with E-state index < -0.39 is 0 Å². The molecule has 0 saturated carbocycles. The first-order chi connectivity index (χ1) is 9.65. The topological polar surface area (TPSA) is 62.5 Å². The lowest BCUT2D eigenvalue weighted by Gasteiger charge is -2.35. The minimum absolute atomic E-state index is 0. The fraction of sp³-hybridized carbons (Fsp3) is 0.714. The van der Waals surface area contributed by atoms with Gasteiger partial charge in [-0.15, -0.1) is 23.7 Å². The van der Waals surface area contributed by atoms with Crippen molar-refractivity contribution in [3.63, 3.8) is 0 Å². The zero-order chi connectivity index (χ0) is 14.5. The van der Waals surface area contributed by atoms with Crippen LogP contribution in [0.15, 0.2) is 6.20 Å². The standard InChI is InChI=1S/C14H24N4OS.ClH/c1-3-5-12(15)13(19)17-6-8-18(9-7-17)14-16-10-11(4-2)20-14;/h10,12H,3-9,15H2,1-2H3;1H. The second-order valence-corrected chi connectivity index (χ2v) is 6.26. The van der Waals surface area contributed by atoms with E-state index >= 15 is 0 Å². The number of carbonyl (C=O) groups is 1. The molecule has 120 valence electrons. The predicted molar refractivity (Wildman–Crippen MR) is 90.4 cm³/mol. The number of halogens is 1. The number of aryl methyl sites for hydroxylation is 1. The van der Waals surface area contributed by atoms with Gasteiger partial charge in [-0.05, 0) is 12.8 Å². The van der Waals surface area contributed by atoms with Crippen LogP contribution < -0.4 is 10.6 Å². The molecule has 1 saturated heterocycles. The summed E-state index contributed by atoms with van der Waals surface area (Å²) in [6.07, 6.45) is 4.70. The van der Waals surface area contributed by atoms with Crippen LogP contribution in [0.1, 0.15) is 31.6 Å². The quantitative estimate of drug-likeness (QED) is 0.894. The summed E-state index contributed by atoms with van der Waals surface area (Å²) in [4.78, 5) is 22.1. The summed E-state index contributed by atoms with van der Waals surface area (Å²) in [5.41, 5.74) is 5.91. The monoisotopic (exact) mass is 332 g/mol. The van der Waals surface area contributed by atoms with Gasteiger partial charge in [0.15, 0.2) is 5.13 Å². The average molecular weight is 333 g/mol. The fourth-order valence-electron chi connectivity index (χ4n) is 2.39. The molecule has 1 aliphatic heterocycles. The van der Waals surface area contributed by atoms with Crippen molar-refractivity contribution in [3.05, 3.63) is 11.1 Å². The normalized spacial score (nSPS) is 16.5. The highest BCUT2D eigenvalue weighted by Crippen LogP contribution is 2.23. The number of piperazine rings is 1. The molecule has 2 N–H and O–H groups in total. The summed E-state index contributed by atoms with van der Waals surface area (Å²) in [5, 5.41) is 1.08. The Morgan fingerprint density at radius 1 is 1.38 bits per heavy atom. The third kappa shape index (κ3) is 4.56. The van der Waals surface area contributed by atoms with Gasteiger partial charge in [-0.1, -0.05) is 20.3 Å². The summed E-state index contributed by atoms with van der Waals surface area (Å²) < 4.78 is 0. The Balaban J connectivity index is 0.00000220. The smallest absolute Gasteiger partial charge is 0.239 e. The number of aromatic nitrogens is 1. The molecule has 0 radical (unpaired) electrons. The van der Waals surface area contributed by atoms with Crippen LogP contribution in [0.25, 0.3) is 0 Å². The van der Waals surface area contributed by atoms with Crippen molar-refractivity contribution >= 4 is 34.8 Å². The van der Waals surface area contributed by atoms with Crippen LogP contribution in [0.5, 0.6) is 0 Å². The lowest BCUT2D eigenvalue weighted by atomic mass is 10.1. The largest absolute Gasteiger partial charge is 0.345 e. The van der Waals surface area contributed by atoms with Crippen LogP contribution in [-0.4, -0.2) is 48.0 Å². The lowest BCUT2D eigenvalue weighted by molar-refractivity contribution is -0.133. The number of thiazole rings is 1. The van der Waals surface area contributed by atoms with Gasteiger partial charge in [0.1, 0.15) is 0 Å². The zero-order valence-corrected chi connectivity index (χ0v) is 14.4. The van der Waals surface area contributed by atoms with Gasteiger partial charge in [0.2, 0.25) is 5.91 Å². The number of nitrogens with two attached hydrogens (primary N) is 1. The maximum absolute atomic E-state index is 12.2.